The van der Waals surface area contributed by atoms with Crippen LogP contribution in [0.4, 0.5) is 0 Å². The van der Waals surface area contributed by atoms with Crippen LogP contribution in [0, 0.1) is 0 Å². The number of ether oxygens (including phenoxy) is 4. The smallest absolute Gasteiger partial charge is 0.333 e. The molecule has 0 saturated carbocycles. The highest BCUT2D eigenvalue weighted by Crippen LogP contribution is 2.28. The summed E-state index contributed by atoms with van der Waals surface area (Å²) in [5, 5.41) is 1.90. The lowest BCUT2D eigenvalue weighted by Gasteiger charge is -2.20. The molecule has 4 aromatic rings. The molecule has 2 unspecified atom stereocenters. The summed E-state index contributed by atoms with van der Waals surface area (Å²) in [7, 11) is 0. The predicted molar refractivity (Wildman–Crippen MR) is 155 cm³/mol. The second-order valence-corrected chi connectivity index (χ2v) is 9.46. The Morgan fingerprint density at radius 1 is 0.600 bits per heavy atom. The molecule has 4 aromatic carbocycles. The van der Waals surface area contributed by atoms with Gasteiger partial charge >= 0.3 is 11.9 Å². The third-order valence-electron chi connectivity index (χ3n) is 6.12. The van der Waals surface area contributed by atoms with Crippen molar-refractivity contribution in [3.05, 3.63) is 132 Å². The predicted octanol–water partition coefficient (Wildman–Crippen LogP) is 7.32. The van der Waals surface area contributed by atoms with Gasteiger partial charge in [0.1, 0.15) is 24.7 Å². The Balaban J connectivity index is 1.48. The molecule has 0 aromatic heterocycles. The molecule has 6 heteroatoms. The number of esters is 2. The SMILES string of the molecule is C=C(C)C(=O)OC(COc1ccc2ccc(OCC(OC(=O)C(=C)C)c3ccccc3)cc2c1)c1ccccc1. The number of carbonyl (C=O) groups is 2. The minimum atomic E-state index is -0.590. The molecule has 0 amide bonds. The van der Waals surface area contributed by atoms with Crippen molar-refractivity contribution in [3.8, 4) is 11.5 Å². The number of hydrogen-bond acceptors (Lipinski definition) is 6. The molecule has 204 valence electrons. The fourth-order valence-corrected chi connectivity index (χ4v) is 3.92. The van der Waals surface area contributed by atoms with E-state index in [2.05, 4.69) is 13.2 Å². The molecule has 4 rings (SSSR count). The van der Waals surface area contributed by atoms with E-state index in [1.165, 1.54) is 0 Å². The summed E-state index contributed by atoms with van der Waals surface area (Å²) in [5.41, 5.74) is 2.30. The van der Waals surface area contributed by atoms with Crippen molar-refractivity contribution in [2.75, 3.05) is 13.2 Å². The molecule has 2 atom stereocenters. The first kappa shape index (κ1) is 28.2. The lowest BCUT2D eigenvalue weighted by atomic mass is 10.1. The zero-order valence-corrected chi connectivity index (χ0v) is 22.7. The van der Waals surface area contributed by atoms with Crippen molar-refractivity contribution in [3.63, 3.8) is 0 Å². The summed E-state index contributed by atoms with van der Waals surface area (Å²) >= 11 is 0. The fraction of sp³-hybridized carbons (Fsp3) is 0.176. The Morgan fingerprint density at radius 3 is 1.38 bits per heavy atom. The average Bonchev–Trinajstić information content (AvgIpc) is 2.97. The summed E-state index contributed by atoms with van der Waals surface area (Å²) in [5.74, 6) is 0.296. The van der Waals surface area contributed by atoms with Crippen LogP contribution in [0.2, 0.25) is 0 Å². The van der Waals surface area contributed by atoms with Crippen LogP contribution in [-0.2, 0) is 19.1 Å². The van der Waals surface area contributed by atoms with Gasteiger partial charge in [0.05, 0.1) is 0 Å². The van der Waals surface area contributed by atoms with E-state index in [1.807, 2.05) is 97.1 Å². The summed E-state index contributed by atoms with van der Waals surface area (Å²) in [6.45, 7) is 10.8. The first-order chi connectivity index (χ1) is 19.3. The number of benzene rings is 4. The van der Waals surface area contributed by atoms with Crippen molar-refractivity contribution in [2.24, 2.45) is 0 Å². The number of carbonyl (C=O) groups excluding carboxylic acids is 2. The van der Waals surface area contributed by atoms with Gasteiger partial charge < -0.3 is 18.9 Å². The van der Waals surface area contributed by atoms with E-state index < -0.39 is 24.1 Å². The normalized spacial score (nSPS) is 12.2. The van der Waals surface area contributed by atoms with Crippen molar-refractivity contribution in [1.82, 2.24) is 0 Å². The molecule has 0 bridgehead atoms. The Labute approximate surface area is 234 Å². The maximum Gasteiger partial charge on any atom is 0.333 e. The molecule has 0 N–H and O–H groups in total. The maximum atomic E-state index is 12.2. The van der Waals surface area contributed by atoms with Crippen LogP contribution >= 0.6 is 0 Å². The van der Waals surface area contributed by atoms with E-state index >= 15 is 0 Å². The van der Waals surface area contributed by atoms with E-state index in [1.54, 1.807) is 13.8 Å². The zero-order valence-electron chi connectivity index (χ0n) is 22.7. The summed E-state index contributed by atoms with van der Waals surface area (Å²) in [4.78, 5) is 24.4. The molecule has 0 aliphatic rings. The van der Waals surface area contributed by atoms with Crippen molar-refractivity contribution in [1.29, 1.82) is 0 Å². The van der Waals surface area contributed by atoms with Crippen LogP contribution in [0.3, 0.4) is 0 Å². The van der Waals surface area contributed by atoms with Gasteiger partial charge in [-0.3, -0.25) is 0 Å². The quantitative estimate of drug-likeness (QED) is 0.140. The molecular weight excluding hydrogens is 504 g/mol. The van der Waals surface area contributed by atoms with Gasteiger partial charge in [-0.2, -0.15) is 0 Å². The summed E-state index contributed by atoms with van der Waals surface area (Å²) < 4.78 is 23.4. The highest BCUT2D eigenvalue weighted by molar-refractivity contribution is 5.87. The van der Waals surface area contributed by atoms with E-state index in [0.717, 1.165) is 21.9 Å². The monoisotopic (exact) mass is 536 g/mol. The van der Waals surface area contributed by atoms with Crippen molar-refractivity contribution < 1.29 is 28.5 Å². The third-order valence-corrected chi connectivity index (χ3v) is 6.12. The van der Waals surface area contributed by atoms with Gasteiger partial charge in [-0.15, -0.1) is 0 Å². The van der Waals surface area contributed by atoms with Crippen LogP contribution in [0.1, 0.15) is 37.2 Å². The molecule has 0 spiro atoms. The van der Waals surface area contributed by atoms with Gasteiger partial charge in [-0.05, 0) is 60.0 Å². The number of hydrogen-bond donors (Lipinski definition) is 0. The second-order valence-electron chi connectivity index (χ2n) is 9.46. The average molecular weight is 537 g/mol. The third kappa shape index (κ3) is 7.60. The van der Waals surface area contributed by atoms with Crippen LogP contribution in [0.5, 0.6) is 11.5 Å². The maximum absolute atomic E-state index is 12.2. The molecule has 40 heavy (non-hydrogen) atoms. The lowest BCUT2D eigenvalue weighted by Crippen LogP contribution is -2.18. The van der Waals surface area contributed by atoms with Gasteiger partial charge in [0.25, 0.3) is 0 Å². The first-order valence-corrected chi connectivity index (χ1v) is 12.9. The molecule has 0 heterocycles. The molecule has 0 fully saturated rings. The Bertz CT molecular complexity index is 1380. The zero-order chi connectivity index (χ0) is 28.5. The lowest BCUT2D eigenvalue weighted by molar-refractivity contribution is -0.147. The molecule has 0 aliphatic carbocycles. The largest absolute Gasteiger partial charge is 0.489 e. The molecule has 6 nitrogen and oxygen atoms in total. The second kappa shape index (κ2) is 13.3. The van der Waals surface area contributed by atoms with Crippen LogP contribution in [0.15, 0.2) is 121 Å². The summed E-state index contributed by atoms with van der Waals surface area (Å²) in [6, 6.07) is 30.3. The van der Waals surface area contributed by atoms with Crippen molar-refractivity contribution in [2.45, 2.75) is 26.1 Å². The Morgan fingerprint density at radius 2 is 1.00 bits per heavy atom. The summed E-state index contributed by atoms with van der Waals surface area (Å²) in [6.07, 6.45) is -1.18. The first-order valence-electron chi connectivity index (χ1n) is 12.9. The van der Waals surface area contributed by atoms with E-state index in [0.29, 0.717) is 22.6 Å². The minimum absolute atomic E-state index is 0.136. The number of rotatable bonds is 12. The van der Waals surface area contributed by atoms with Gasteiger partial charge in [-0.1, -0.05) is 86.0 Å². The van der Waals surface area contributed by atoms with Crippen molar-refractivity contribution >= 4 is 22.7 Å². The highest BCUT2D eigenvalue weighted by atomic mass is 16.6. The Hall–Kier alpha value is -4.84. The number of fused-ring (bicyclic) bond motifs is 1. The van der Waals surface area contributed by atoms with Crippen LogP contribution in [0.25, 0.3) is 10.8 Å². The highest BCUT2D eigenvalue weighted by Gasteiger charge is 2.20. The molecule has 0 radical (unpaired) electrons. The van der Waals surface area contributed by atoms with Crippen LogP contribution in [-0.4, -0.2) is 25.2 Å². The van der Waals surface area contributed by atoms with Gasteiger partial charge in [0, 0.05) is 11.1 Å². The minimum Gasteiger partial charge on any atom is -0.489 e. The van der Waals surface area contributed by atoms with E-state index in [-0.39, 0.29) is 13.2 Å². The molecule has 0 saturated heterocycles. The van der Waals surface area contributed by atoms with E-state index in [4.69, 9.17) is 18.9 Å². The standard InChI is InChI=1S/C34H32O6/c1-23(2)33(35)39-31(26-11-7-5-8-12-26)21-37-29-17-15-25-16-18-30(20-28(25)19-29)38-22-32(40-34(36)24(3)4)27-13-9-6-10-14-27/h5-20,31-32H,1,3,21-22H2,2,4H3. The fourth-order valence-electron chi connectivity index (χ4n) is 3.92. The molecule has 0 aliphatic heterocycles. The topological polar surface area (TPSA) is 71.1 Å². The molecular formula is C34H32O6. The van der Waals surface area contributed by atoms with Gasteiger partial charge in [0.2, 0.25) is 0 Å². The van der Waals surface area contributed by atoms with Crippen LogP contribution < -0.4 is 9.47 Å². The Kier molecular flexibility index (Phi) is 9.36. The van der Waals surface area contributed by atoms with Gasteiger partial charge in [-0.25, -0.2) is 9.59 Å². The van der Waals surface area contributed by atoms with E-state index in [9.17, 15) is 9.59 Å². The van der Waals surface area contributed by atoms with Gasteiger partial charge in [0.15, 0.2) is 12.2 Å².